The Morgan fingerprint density at radius 1 is 1.28 bits per heavy atom. The molecule has 1 aliphatic rings. The van der Waals surface area contributed by atoms with Crippen LogP contribution in [0.1, 0.15) is 26.7 Å². The highest BCUT2D eigenvalue weighted by Crippen LogP contribution is 2.39. The topological polar surface area (TPSA) is 97.0 Å². The summed E-state index contributed by atoms with van der Waals surface area (Å²) >= 11 is 1.16. The molecule has 1 N–H and O–H groups in total. The zero-order valence-electron chi connectivity index (χ0n) is 18.0. The molecule has 0 aliphatic heterocycles. The first-order valence-electron chi connectivity index (χ1n) is 10.6. The number of ether oxygens (including phenoxy) is 1. The fraction of sp³-hybridized carbons (Fsp3) is 0.333. The van der Waals surface area contributed by atoms with Crippen LogP contribution in [0.15, 0.2) is 58.5 Å². The minimum atomic E-state index is -0.865. The number of thioether (sulfide) groups is 1. The summed E-state index contributed by atoms with van der Waals surface area (Å²) < 4.78 is 7.24. The van der Waals surface area contributed by atoms with Gasteiger partial charge in [-0.1, -0.05) is 36.0 Å². The number of hydrogen-bond donors (Lipinski definition) is 1. The van der Waals surface area contributed by atoms with Gasteiger partial charge < -0.3 is 10.1 Å². The van der Waals surface area contributed by atoms with Gasteiger partial charge in [0.25, 0.3) is 5.56 Å². The van der Waals surface area contributed by atoms with Gasteiger partial charge in [0, 0.05) is 0 Å². The van der Waals surface area contributed by atoms with E-state index < -0.39 is 5.54 Å². The summed E-state index contributed by atoms with van der Waals surface area (Å²) in [5, 5.41) is 13.2. The predicted molar refractivity (Wildman–Crippen MR) is 124 cm³/mol. The Balaban J connectivity index is 1.71. The normalized spacial score (nSPS) is 15.0. The number of nitrogens with zero attached hydrogens (tertiary/aromatic N) is 3. The molecule has 1 fully saturated rings. The third-order valence-corrected chi connectivity index (χ3v) is 6.45. The van der Waals surface area contributed by atoms with Crippen molar-refractivity contribution in [1.29, 1.82) is 5.26 Å². The van der Waals surface area contributed by atoms with Gasteiger partial charge in [-0.2, -0.15) is 5.26 Å². The minimum Gasteiger partial charge on any atom is -0.492 e. The summed E-state index contributed by atoms with van der Waals surface area (Å²) in [6, 6.07) is 16.6. The molecule has 0 saturated heterocycles. The van der Waals surface area contributed by atoms with E-state index in [1.165, 1.54) is 4.57 Å². The Bertz CT molecular complexity index is 1260. The van der Waals surface area contributed by atoms with Crippen molar-refractivity contribution in [2.24, 2.45) is 5.92 Å². The maximum Gasteiger partial charge on any atom is 0.266 e. The second-order valence-electron chi connectivity index (χ2n) is 7.88. The zero-order valence-corrected chi connectivity index (χ0v) is 18.8. The average molecular weight is 449 g/mol. The fourth-order valence-corrected chi connectivity index (χ4v) is 4.48. The number of carbonyl (C=O) groups is 1. The molecule has 0 radical (unpaired) electrons. The van der Waals surface area contributed by atoms with Gasteiger partial charge in [-0.05, 0) is 56.9 Å². The Labute approximate surface area is 190 Å². The van der Waals surface area contributed by atoms with E-state index >= 15 is 0 Å². The minimum absolute atomic E-state index is 0.0333. The van der Waals surface area contributed by atoms with E-state index in [4.69, 9.17) is 4.74 Å². The number of carbonyl (C=O) groups excluding carboxylic acids is 1. The summed E-state index contributed by atoms with van der Waals surface area (Å²) in [5.41, 5.74) is 0.0339. The lowest BCUT2D eigenvalue weighted by atomic mass is 9.98. The quantitative estimate of drug-likeness (QED) is 0.417. The molecule has 1 heterocycles. The zero-order chi connectivity index (χ0) is 22.7. The number of para-hydroxylation sites is 3. The van der Waals surface area contributed by atoms with Crippen LogP contribution in [0.5, 0.6) is 5.75 Å². The predicted octanol–water partition coefficient (Wildman–Crippen LogP) is 3.68. The SMILES string of the molecule is CCOc1ccccc1-n1c(SCC(=O)N[C@@](C)(C#N)C2CC2)nc2ccccc2c1=O. The first-order chi connectivity index (χ1) is 15.5. The highest BCUT2D eigenvalue weighted by atomic mass is 32.2. The molecule has 1 saturated carbocycles. The second kappa shape index (κ2) is 9.05. The Hall–Kier alpha value is -3.31. The van der Waals surface area contributed by atoms with Crippen LogP contribution < -0.4 is 15.6 Å². The van der Waals surface area contributed by atoms with Crippen molar-refractivity contribution in [3.05, 3.63) is 58.9 Å². The van der Waals surface area contributed by atoms with Crippen molar-refractivity contribution in [3.8, 4) is 17.5 Å². The first-order valence-corrected chi connectivity index (χ1v) is 11.5. The highest BCUT2D eigenvalue weighted by Gasteiger charge is 2.43. The molecule has 2 aromatic carbocycles. The third kappa shape index (κ3) is 4.34. The maximum absolute atomic E-state index is 13.4. The van der Waals surface area contributed by atoms with Crippen LogP contribution in [0.2, 0.25) is 0 Å². The number of hydrogen-bond acceptors (Lipinski definition) is 6. The number of rotatable bonds is 8. The van der Waals surface area contributed by atoms with Crippen LogP contribution in [0.25, 0.3) is 16.6 Å². The number of benzene rings is 2. The molecule has 1 aliphatic carbocycles. The molecule has 0 spiro atoms. The lowest BCUT2D eigenvalue weighted by molar-refractivity contribution is -0.119. The molecule has 32 heavy (non-hydrogen) atoms. The molecule has 8 heteroatoms. The lowest BCUT2D eigenvalue weighted by Crippen LogP contribution is -2.47. The average Bonchev–Trinajstić information content (AvgIpc) is 3.65. The molecular weight excluding hydrogens is 424 g/mol. The monoisotopic (exact) mass is 448 g/mol. The van der Waals surface area contributed by atoms with Crippen molar-refractivity contribution in [3.63, 3.8) is 0 Å². The summed E-state index contributed by atoms with van der Waals surface area (Å²) in [7, 11) is 0. The maximum atomic E-state index is 13.4. The molecule has 0 bridgehead atoms. The lowest BCUT2D eigenvalue weighted by Gasteiger charge is -2.23. The first kappa shape index (κ1) is 21.9. The van der Waals surface area contributed by atoms with Crippen LogP contribution in [0, 0.1) is 17.2 Å². The molecule has 4 rings (SSSR count). The fourth-order valence-electron chi connectivity index (χ4n) is 3.68. The molecule has 1 amide bonds. The largest absolute Gasteiger partial charge is 0.492 e. The standard InChI is InChI=1S/C24H24N4O3S/c1-3-31-20-11-7-6-10-19(20)28-22(30)17-8-4-5-9-18(17)26-23(28)32-14-21(29)27-24(2,15-25)16-12-13-16/h4-11,16H,3,12-14H2,1-2H3,(H,27,29)/t24-/m0/s1. The van der Waals surface area contributed by atoms with Crippen LogP contribution in [-0.4, -0.2) is 33.4 Å². The van der Waals surface area contributed by atoms with Crippen LogP contribution in [0.3, 0.4) is 0 Å². The number of nitriles is 1. The number of fused-ring (bicyclic) bond motifs is 1. The van der Waals surface area contributed by atoms with E-state index in [1.807, 2.05) is 25.1 Å². The van der Waals surface area contributed by atoms with E-state index in [-0.39, 0.29) is 23.1 Å². The van der Waals surface area contributed by atoms with Crippen molar-refractivity contribution in [1.82, 2.24) is 14.9 Å². The Kier molecular flexibility index (Phi) is 6.19. The Morgan fingerprint density at radius 3 is 2.72 bits per heavy atom. The van der Waals surface area contributed by atoms with E-state index in [9.17, 15) is 14.9 Å². The summed E-state index contributed by atoms with van der Waals surface area (Å²) in [5.74, 6) is 0.520. The molecule has 0 unspecified atom stereocenters. The van der Waals surface area contributed by atoms with Crippen LogP contribution in [0.4, 0.5) is 0 Å². The molecule has 3 aromatic rings. The van der Waals surface area contributed by atoms with Crippen molar-refractivity contribution in [2.75, 3.05) is 12.4 Å². The van der Waals surface area contributed by atoms with Crippen molar-refractivity contribution < 1.29 is 9.53 Å². The van der Waals surface area contributed by atoms with Gasteiger partial charge in [0.15, 0.2) is 5.16 Å². The van der Waals surface area contributed by atoms with Gasteiger partial charge in [-0.25, -0.2) is 4.98 Å². The van der Waals surface area contributed by atoms with Crippen LogP contribution in [-0.2, 0) is 4.79 Å². The van der Waals surface area contributed by atoms with Gasteiger partial charge in [-0.3, -0.25) is 14.2 Å². The van der Waals surface area contributed by atoms with Gasteiger partial charge in [0.2, 0.25) is 5.91 Å². The molecule has 7 nitrogen and oxygen atoms in total. The molecule has 1 atom stereocenters. The van der Waals surface area contributed by atoms with Gasteiger partial charge in [0.1, 0.15) is 11.3 Å². The van der Waals surface area contributed by atoms with Crippen LogP contribution >= 0.6 is 11.8 Å². The van der Waals surface area contributed by atoms with E-state index in [0.29, 0.717) is 34.1 Å². The van der Waals surface area contributed by atoms with Gasteiger partial charge in [-0.15, -0.1) is 0 Å². The molecule has 164 valence electrons. The number of aromatic nitrogens is 2. The van der Waals surface area contributed by atoms with Gasteiger partial charge >= 0.3 is 0 Å². The number of amides is 1. The van der Waals surface area contributed by atoms with Gasteiger partial charge in [0.05, 0.1) is 35.0 Å². The van der Waals surface area contributed by atoms with E-state index in [0.717, 1.165) is 24.6 Å². The third-order valence-electron chi connectivity index (χ3n) is 5.51. The molecular formula is C24H24N4O3S. The highest BCUT2D eigenvalue weighted by molar-refractivity contribution is 7.99. The molecule has 1 aromatic heterocycles. The van der Waals surface area contributed by atoms with Crippen molar-refractivity contribution in [2.45, 2.75) is 37.4 Å². The smallest absolute Gasteiger partial charge is 0.266 e. The van der Waals surface area contributed by atoms with Crippen molar-refractivity contribution >= 4 is 28.6 Å². The number of nitrogens with one attached hydrogen (secondary N) is 1. The summed E-state index contributed by atoms with van der Waals surface area (Å²) in [6.07, 6.45) is 1.88. The Morgan fingerprint density at radius 2 is 2.00 bits per heavy atom. The summed E-state index contributed by atoms with van der Waals surface area (Å²) in [4.78, 5) is 30.8. The van der Waals surface area contributed by atoms with E-state index in [2.05, 4.69) is 16.4 Å². The second-order valence-corrected chi connectivity index (χ2v) is 8.82. The summed E-state index contributed by atoms with van der Waals surface area (Å²) in [6.45, 7) is 4.09. The van der Waals surface area contributed by atoms with E-state index in [1.54, 1.807) is 37.3 Å².